The highest BCUT2D eigenvalue weighted by Gasteiger charge is 2.29. The van der Waals surface area contributed by atoms with Crippen molar-refractivity contribution >= 4 is 0 Å². The summed E-state index contributed by atoms with van der Waals surface area (Å²) in [5.74, 6) is 1.76. The van der Waals surface area contributed by atoms with Gasteiger partial charge in [0.1, 0.15) is 0 Å². The van der Waals surface area contributed by atoms with Crippen molar-refractivity contribution in [2.45, 2.75) is 25.8 Å². The van der Waals surface area contributed by atoms with Gasteiger partial charge in [-0.2, -0.15) is 0 Å². The summed E-state index contributed by atoms with van der Waals surface area (Å²) in [6.07, 6.45) is 7.49. The molecule has 2 heterocycles. The van der Waals surface area contributed by atoms with Crippen molar-refractivity contribution in [3.63, 3.8) is 0 Å². The van der Waals surface area contributed by atoms with Gasteiger partial charge in [-0.05, 0) is 18.3 Å². The first-order chi connectivity index (χ1) is 4.90. The molecule has 1 heteroatoms. The molecule has 3 atom stereocenters. The molecule has 1 saturated heterocycles. The van der Waals surface area contributed by atoms with Crippen LogP contribution in [-0.2, 0) is 0 Å². The van der Waals surface area contributed by atoms with Gasteiger partial charge in [-0.25, -0.2) is 0 Å². The van der Waals surface area contributed by atoms with Crippen LogP contribution in [0.25, 0.3) is 0 Å². The first kappa shape index (κ1) is 6.41. The molecule has 1 aliphatic carbocycles. The zero-order chi connectivity index (χ0) is 6.97. The Balaban J connectivity index is 2.11. The van der Waals surface area contributed by atoms with E-state index in [0.717, 1.165) is 11.8 Å². The zero-order valence-corrected chi connectivity index (χ0v) is 6.51. The van der Waals surface area contributed by atoms with E-state index in [4.69, 9.17) is 0 Å². The van der Waals surface area contributed by atoms with Crippen molar-refractivity contribution in [3.05, 3.63) is 12.2 Å². The molecule has 1 unspecified atom stereocenters. The van der Waals surface area contributed by atoms with E-state index in [1.54, 1.807) is 0 Å². The molecular formula is C9H15N. The molecule has 56 valence electrons. The monoisotopic (exact) mass is 137 g/mol. The van der Waals surface area contributed by atoms with Gasteiger partial charge in [-0.1, -0.05) is 25.5 Å². The Morgan fingerprint density at radius 2 is 2.40 bits per heavy atom. The summed E-state index contributed by atoms with van der Waals surface area (Å²) in [6.45, 7) is 3.51. The van der Waals surface area contributed by atoms with Crippen LogP contribution in [0.15, 0.2) is 12.2 Å². The summed E-state index contributed by atoms with van der Waals surface area (Å²) in [5, 5.41) is 3.53. The van der Waals surface area contributed by atoms with Crippen LogP contribution in [0.4, 0.5) is 0 Å². The smallest absolute Gasteiger partial charge is 0.0278 e. The van der Waals surface area contributed by atoms with Gasteiger partial charge in [0, 0.05) is 12.6 Å². The van der Waals surface area contributed by atoms with Gasteiger partial charge >= 0.3 is 0 Å². The summed E-state index contributed by atoms with van der Waals surface area (Å²) >= 11 is 0. The van der Waals surface area contributed by atoms with Crippen LogP contribution in [0.5, 0.6) is 0 Å². The molecule has 1 fully saturated rings. The Labute approximate surface area is 62.5 Å². The molecule has 2 aliphatic heterocycles. The molecular weight excluding hydrogens is 122 g/mol. The van der Waals surface area contributed by atoms with Gasteiger partial charge < -0.3 is 5.32 Å². The van der Waals surface area contributed by atoms with Crippen LogP contribution < -0.4 is 5.32 Å². The predicted molar refractivity (Wildman–Crippen MR) is 42.8 cm³/mol. The van der Waals surface area contributed by atoms with E-state index in [1.165, 1.54) is 19.4 Å². The van der Waals surface area contributed by atoms with Crippen molar-refractivity contribution in [3.8, 4) is 0 Å². The number of hydrogen-bond donors (Lipinski definition) is 1. The highest BCUT2D eigenvalue weighted by atomic mass is 14.9. The topological polar surface area (TPSA) is 12.0 Å². The summed E-state index contributed by atoms with van der Waals surface area (Å²) in [4.78, 5) is 0. The second-order valence-electron chi connectivity index (χ2n) is 3.48. The van der Waals surface area contributed by atoms with Gasteiger partial charge in [0.05, 0.1) is 0 Å². The van der Waals surface area contributed by atoms with E-state index in [-0.39, 0.29) is 0 Å². The van der Waals surface area contributed by atoms with E-state index < -0.39 is 0 Å². The van der Waals surface area contributed by atoms with E-state index in [1.807, 2.05) is 0 Å². The lowest BCUT2D eigenvalue weighted by Crippen LogP contribution is -2.46. The summed E-state index contributed by atoms with van der Waals surface area (Å²) in [7, 11) is 0. The average Bonchev–Trinajstić information content (AvgIpc) is 2.06. The second kappa shape index (κ2) is 2.39. The molecule has 1 nitrogen and oxygen atoms in total. The minimum Gasteiger partial charge on any atom is -0.310 e. The van der Waals surface area contributed by atoms with Crippen LogP contribution in [0.2, 0.25) is 0 Å². The summed E-state index contributed by atoms with van der Waals surface area (Å²) in [5.41, 5.74) is 0. The fourth-order valence-corrected chi connectivity index (χ4v) is 2.14. The minimum absolute atomic E-state index is 0.704. The highest BCUT2D eigenvalue weighted by Crippen LogP contribution is 2.29. The summed E-state index contributed by atoms with van der Waals surface area (Å²) in [6, 6.07) is 0.704. The quantitative estimate of drug-likeness (QED) is 0.541. The lowest BCUT2D eigenvalue weighted by atomic mass is 9.78. The van der Waals surface area contributed by atoms with Gasteiger partial charge in [0.15, 0.2) is 0 Å². The van der Waals surface area contributed by atoms with Gasteiger partial charge in [-0.3, -0.25) is 0 Å². The fourth-order valence-electron chi connectivity index (χ4n) is 2.14. The molecule has 10 heavy (non-hydrogen) atoms. The van der Waals surface area contributed by atoms with Crippen molar-refractivity contribution in [2.75, 3.05) is 6.54 Å². The molecule has 0 aromatic carbocycles. The third-order valence-electron chi connectivity index (χ3n) is 2.84. The minimum atomic E-state index is 0.704. The van der Waals surface area contributed by atoms with Crippen LogP contribution >= 0.6 is 0 Å². The normalized spacial score (nSPS) is 44.3. The average molecular weight is 137 g/mol. The maximum atomic E-state index is 3.53. The molecule has 3 aliphatic rings. The van der Waals surface area contributed by atoms with Gasteiger partial charge in [0.25, 0.3) is 0 Å². The Hall–Kier alpha value is -0.300. The van der Waals surface area contributed by atoms with E-state index in [0.29, 0.717) is 6.04 Å². The van der Waals surface area contributed by atoms with E-state index >= 15 is 0 Å². The molecule has 1 N–H and O–H groups in total. The predicted octanol–water partition coefficient (Wildman–Crippen LogP) is 1.56. The van der Waals surface area contributed by atoms with Crippen LogP contribution in [0.1, 0.15) is 19.8 Å². The van der Waals surface area contributed by atoms with Crippen LogP contribution in [0.3, 0.4) is 0 Å². The Kier molecular flexibility index (Phi) is 1.53. The zero-order valence-electron chi connectivity index (χ0n) is 6.51. The third kappa shape index (κ3) is 0.891. The number of rotatable bonds is 1. The molecule has 0 saturated carbocycles. The molecule has 0 aromatic rings. The highest BCUT2D eigenvalue weighted by molar-refractivity contribution is 5.10. The first-order valence-electron chi connectivity index (χ1n) is 4.32. The van der Waals surface area contributed by atoms with E-state index in [9.17, 15) is 0 Å². The van der Waals surface area contributed by atoms with Crippen molar-refractivity contribution in [1.29, 1.82) is 0 Å². The third-order valence-corrected chi connectivity index (χ3v) is 2.84. The molecule has 0 radical (unpaired) electrons. The van der Waals surface area contributed by atoms with Gasteiger partial charge in [-0.15, -0.1) is 0 Å². The van der Waals surface area contributed by atoms with Crippen LogP contribution in [-0.4, -0.2) is 12.6 Å². The number of fused-ring (bicyclic) bond motifs is 2. The molecule has 2 bridgehead atoms. The number of nitrogens with one attached hydrogen (secondary N) is 1. The van der Waals surface area contributed by atoms with Gasteiger partial charge in [0.2, 0.25) is 0 Å². The largest absolute Gasteiger partial charge is 0.310 e. The lowest BCUT2D eigenvalue weighted by Gasteiger charge is -2.38. The Morgan fingerprint density at radius 1 is 1.50 bits per heavy atom. The van der Waals surface area contributed by atoms with Crippen LogP contribution in [0, 0.1) is 11.8 Å². The van der Waals surface area contributed by atoms with Crippen molar-refractivity contribution in [1.82, 2.24) is 5.32 Å². The fraction of sp³-hybridized carbons (Fsp3) is 0.778. The maximum Gasteiger partial charge on any atom is 0.0278 e. The van der Waals surface area contributed by atoms with E-state index in [2.05, 4.69) is 24.4 Å². The molecule has 3 rings (SSSR count). The second-order valence-corrected chi connectivity index (χ2v) is 3.48. The maximum absolute atomic E-state index is 3.53. The van der Waals surface area contributed by atoms with Crippen molar-refractivity contribution in [2.24, 2.45) is 11.8 Å². The Bertz CT molecular complexity index is 151. The van der Waals surface area contributed by atoms with Crippen molar-refractivity contribution < 1.29 is 0 Å². The molecule has 0 aromatic heterocycles. The SMILES string of the molecule is CCC1C[C@@H]2C=C[C@H]1NC2. The molecule has 0 spiro atoms. The first-order valence-corrected chi connectivity index (χ1v) is 4.32. The number of piperidine rings is 1. The lowest BCUT2D eigenvalue weighted by molar-refractivity contribution is 0.250. The molecule has 0 amide bonds. The number of hydrogen-bond acceptors (Lipinski definition) is 1. The summed E-state index contributed by atoms with van der Waals surface area (Å²) < 4.78 is 0. The standard InChI is InChI=1S/C9H15N/c1-2-8-5-7-3-4-9(8)10-6-7/h3-4,7-10H,2,5-6H2,1H3/t7-,8?,9+/m0/s1. The Morgan fingerprint density at radius 3 is 2.70 bits per heavy atom.